The third kappa shape index (κ3) is 1.95. The molecule has 1 spiro atoms. The van der Waals surface area contributed by atoms with Crippen molar-refractivity contribution in [3.63, 3.8) is 0 Å². The molecule has 1 fully saturated rings. The molecule has 0 heterocycles. The third-order valence-electron chi connectivity index (χ3n) is 5.83. The summed E-state index contributed by atoms with van der Waals surface area (Å²) >= 11 is 0. The highest BCUT2D eigenvalue weighted by atomic mass is 14.5. The standard InChI is InChI=1S/C21H26/c1-20(2)14-10-17-16-8-4-5-9-18(16)21(19(17)11-15-20)12-6-3-7-13-21/h8-11,14-15H,3-7,12-13H2,1-2H3. The van der Waals surface area contributed by atoms with E-state index in [1.54, 1.807) is 16.7 Å². The zero-order valence-electron chi connectivity index (χ0n) is 13.4. The number of hydrogen-bond acceptors (Lipinski definition) is 0. The van der Waals surface area contributed by atoms with Gasteiger partial charge in [0.15, 0.2) is 0 Å². The summed E-state index contributed by atoms with van der Waals surface area (Å²) in [7, 11) is 0. The van der Waals surface area contributed by atoms with Gasteiger partial charge >= 0.3 is 0 Å². The maximum absolute atomic E-state index is 2.56. The number of rotatable bonds is 0. The molecule has 0 radical (unpaired) electrons. The van der Waals surface area contributed by atoms with E-state index in [1.165, 1.54) is 50.5 Å². The second kappa shape index (κ2) is 4.60. The predicted molar refractivity (Wildman–Crippen MR) is 90.0 cm³/mol. The molecule has 0 amide bonds. The Kier molecular flexibility index (Phi) is 2.93. The van der Waals surface area contributed by atoms with Crippen molar-refractivity contribution >= 4 is 0 Å². The summed E-state index contributed by atoms with van der Waals surface area (Å²) in [6.45, 7) is 4.61. The lowest BCUT2D eigenvalue weighted by atomic mass is 9.65. The zero-order chi connectivity index (χ0) is 14.5. The highest BCUT2D eigenvalue weighted by molar-refractivity contribution is 5.70. The van der Waals surface area contributed by atoms with E-state index >= 15 is 0 Å². The fourth-order valence-electron chi connectivity index (χ4n) is 4.71. The Morgan fingerprint density at radius 1 is 0.857 bits per heavy atom. The van der Waals surface area contributed by atoms with Crippen molar-refractivity contribution in [2.75, 3.05) is 0 Å². The van der Waals surface area contributed by atoms with Crippen LogP contribution in [0.1, 0.15) is 58.8 Å². The molecule has 0 aromatic heterocycles. The molecule has 0 aromatic rings. The van der Waals surface area contributed by atoms with Crippen LogP contribution in [0, 0.1) is 10.8 Å². The van der Waals surface area contributed by atoms with Crippen LogP contribution in [0.15, 0.2) is 58.7 Å². The van der Waals surface area contributed by atoms with Gasteiger partial charge in [0.05, 0.1) is 0 Å². The first kappa shape index (κ1) is 13.4. The smallest absolute Gasteiger partial charge is 0.0211 e. The molecule has 0 aromatic carbocycles. The monoisotopic (exact) mass is 278 g/mol. The highest BCUT2D eigenvalue weighted by Crippen LogP contribution is 2.60. The van der Waals surface area contributed by atoms with Gasteiger partial charge in [-0.1, -0.05) is 69.6 Å². The Hall–Kier alpha value is -1.30. The molecule has 4 aliphatic carbocycles. The van der Waals surface area contributed by atoms with E-state index in [0.717, 1.165) is 0 Å². The average Bonchev–Trinajstić information content (AvgIpc) is 2.62. The van der Waals surface area contributed by atoms with Crippen molar-refractivity contribution in [1.29, 1.82) is 0 Å². The van der Waals surface area contributed by atoms with Crippen LogP contribution in [0.5, 0.6) is 0 Å². The zero-order valence-corrected chi connectivity index (χ0v) is 13.4. The van der Waals surface area contributed by atoms with Crippen molar-refractivity contribution in [3.8, 4) is 0 Å². The van der Waals surface area contributed by atoms with Crippen LogP contribution in [-0.2, 0) is 0 Å². The first-order valence-electron chi connectivity index (χ1n) is 8.67. The van der Waals surface area contributed by atoms with Gasteiger partial charge in [0, 0.05) is 10.8 Å². The fourth-order valence-corrected chi connectivity index (χ4v) is 4.71. The number of fused-ring (bicyclic) bond motifs is 4. The lowest BCUT2D eigenvalue weighted by Gasteiger charge is -2.38. The molecule has 110 valence electrons. The number of allylic oxidation sites excluding steroid dienone is 10. The van der Waals surface area contributed by atoms with Crippen LogP contribution in [0.2, 0.25) is 0 Å². The van der Waals surface area contributed by atoms with Crippen molar-refractivity contribution in [1.82, 2.24) is 0 Å². The van der Waals surface area contributed by atoms with E-state index in [0.29, 0.717) is 5.41 Å². The predicted octanol–water partition coefficient (Wildman–Crippen LogP) is 6.05. The number of hydrogen-bond donors (Lipinski definition) is 0. The van der Waals surface area contributed by atoms with Crippen molar-refractivity contribution < 1.29 is 0 Å². The molecule has 4 rings (SSSR count). The van der Waals surface area contributed by atoms with E-state index in [2.05, 4.69) is 50.3 Å². The van der Waals surface area contributed by atoms with E-state index in [9.17, 15) is 0 Å². The average molecular weight is 278 g/mol. The van der Waals surface area contributed by atoms with Crippen LogP contribution < -0.4 is 0 Å². The van der Waals surface area contributed by atoms with Crippen molar-refractivity contribution in [2.24, 2.45) is 10.8 Å². The van der Waals surface area contributed by atoms with Gasteiger partial charge in [-0.2, -0.15) is 0 Å². The molecular weight excluding hydrogens is 252 g/mol. The van der Waals surface area contributed by atoms with Crippen molar-refractivity contribution in [2.45, 2.75) is 58.8 Å². The van der Waals surface area contributed by atoms with Crippen LogP contribution in [-0.4, -0.2) is 0 Å². The largest absolute Gasteiger partial charge is 0.0795 e. The van der Waals surface area contributed by atoms with Gasteiger partial charge in [0.1, 0.15) is 0 Å². The van der Waals surface area contributed by atoms with E-state index < -0.39 is 0 Å². The van der Waals surface area contributed by atoms with Gasteiger partial charge in [0.2, 0.25) is 0 Å². The van der Waals surface area contributed by atoms with Crippen molar-refractivity contribution in [3.05, 3.63) is 58.7 Å². The summed E-state index contributed by atoms with van der Waals surface area (Å²) in [5.74, 6) is 0. The SMILES string of the molecule is CC1(C)C=CC2=C(C=C1)C1(CCCCC1)C1=CCCC=C12. The van der Waals surface area contributed by atoms with Gasteiger partial charge in [-0.3, -0.25) is 0 Å². The molecular formula is C21H26. The molecule has 0 heteroatoms. The first-order chi connectivity index (χ1) is 10.1. The lowest BCUT2D eigenvalue weighted by Crippen LogP contribution is -2.26. The van der Waals surface area contributed by atoms with Gasteiger partial charge in [-0.05, 0) is 48.0 Å². The van der Waals surface area contributed by atoms with Crippen LogP contribution in [0.3, 0.4) is 0 Å². The summed E-state index contributed by atoms with van der Waals surface area (Å²) in [5, 5.41) is 0. The molecule has 0 atom stereocenters. The Balaban J connectivity index is 1.91. The minimum absolute atomic E-state index is 0.180. The molecule has 1 saturated carbocycles. The van der Waals surface area contributed by atoms with Gasteiger partial charge in [0.25, 0.3) is 0 Å². The van der Waals surface area contributed by atoms with Gasteiger partial charge in [-0.15, -0.1) is 0 Å². The maximum Gasteiger partial charge on any atom is 0.0211 e. The summed E-state index contributed by atoms with van der Waals surface area (Å²) in [4.78, 5) is 0. The summed E-state index contributed by atoms with van der Waals surface area (Å²) in [6.07, 6.45) is 24.1. The molecule has 4 aliphatic rings. The van der Waals surface area contributed by atoms with Crippen LogP contribution in [0.25, 0.3) is 0 Å². The minimum atomic E-state index is 0.180. The Morgan fingerprint density at radius 3 is 2.38 bits per heavy atom. The summed E-state index contributed by atoms with van der Waals surface area (Å²) in [6, 6.07) is 0. The van der Waals surface area contributed by atoms with E-state index in [1.807, 2.05) is 0 Å². The van der Waals surface area contributed by atoms with Gasteiger partial charge < -0.3 is 0 Å². The minimum Gasteiger partial charge on any atom is -0.0795 e. The summed E-state index contributed by atoms with van der Waals surface area (Å²) in [5.41, 5.74) is 6.93. The van der Waals surface area contributed by atoms with Gasteiger partial charge in [-0.25, -0.2) is 0 Å². The second-order valence-corrected chi connectivity index (χ2v) is 7.77. The first-order valence-corrected chi connectivity index (χ1v) is 8.67. The quantitative estimate of drug-likeness (QED) is 0.506. The van der Waals surface area contributed by atoms with Crippen LogP contribution >= 0.6 is 0 Å². The molecule has 0 nitrogen and oxygen atoms in total. The normalized spacial score (nSPS) is 28.9. The molecule has 21 heavy (non-hydrogen) atoms. The maximum atomic E-state index is 2.56. The highest BCUT2D eigenvalue weighted by Gasteiger charge is 2.46. The fraction of sp³-hybridized carbons (Fsp3) is 0.524. The van der Waals surface area contributed by atoms with E-state index in [4.69, 9.17) is 0 Å². The Morgan fingerprint density at radius 2 is 1.57 bits per heavy atom. The topological polar surface area (TPSA) is 0 Å². The molecule has 0 N–H and O–H groups in total. The second-order valence-electron chi connectivity index (χ2n) is 7.77. The lowest BCUT2D eigenvalue weighted by molar-refractivity contribution is 0.304. The molecule has 0 saturated heterocycles. The molecule has 0 bridgehead atoms. The summed E-state index contributed by atoms with van der Waals surface area (Å²) < 4.78 is 0. The van der Waals surface area contributed by atoms with E-state index in [-0.39, 0.29) is 5.41 Å². The Labute approximate surface area is 129 Å². The Bertz CT molecular complexity index is 610. The third-order valence-corrected chi connectivity index (χ3v) is 5.83. The molecule has 0 aliphatic heterocycles. The molecule has 0 unspecified atom stereocenters. The van der Waals surface area contributed by atoms with Crippen LogP contribution in [0.4, 0.5) is 0 Å².